The van der Waals surface area contributed by atoms with Crippen LogP contribution in [0.5, 0.6) is 0 Å². The lowest BCUT2D eigenvalue weighted by Crippen LogP contribution is -2.31. The van der Waals surface area contributed by atoms with Crippen LogP contribution < -0.4 is 5.32 Å². The molecule has 1 aromatic carbocycles. The van der Waals surface area contributed by atoms with E-state index in [4.69, 9.17) is 0 Å². The molecule has 0 radical (unpaired) electrons. The topological polar surface area (TPSA) is 53.6 Å². The van der Waals surface area contributed by atoms with E-state index in [0.29, 0.717) is 0 Å². The average molecular weight is 248 g/mol. The first-order valence-corrected chi connectivity index (χ1v) is 6.01. The Balaban J connectivity index is 1.88. The molecule has 2 atom stereocenters. The maximum absolute atomic E-state index is 12.8. The van der Waals surface area contributed by atoms with Gasteiger partial charge in [-0.15, -0.1) is 0 Å². The van der Waals surface area contributed by atoms with Gasteiger partial charge >= 0.3 is 0 Å². The largest absolute Gasteiger partial charge is 0.305 e. The van der Waals surface area contributed by atoms with E-state index in [2.05, 4.69) is 27.4 Å². The van der Waals surface area contributed by atoms with Gasteiger partial charge in [0.1, 0.15) is 18.0 Å². The lowest BCUT2D eigenvalue weighted by atomic mass is 10.1. The SMILES string of the molecule is CC(Cc1ccc(F)cc1)NC(C)c1ncn[nH]1. The Morgan fingerprint density at radius 2 is 2.00 bits per heavy atom. The molecule has 0 saturated carbocycles. The molecule has 0 aliphatic rings. The predicted molar refractivity (Wildman–Crippen MR) is 67.5 cm³/mol. The molecular weight excluding hydrogens is 231 g/mol. The average Bonchev–Trinajstić information content (AvgIpc) is 2.85. The van der Waals surface area contributed by atoms with Gasteiger partial charge in [0.15, 0.2) is 0 Å². The van der Waals surface area contributed by atoms with E-state index >= 15 is 0 Å². The third kappa shape index (κ3) is 3.37. The maximum atomic E-state index is 12.8. The standard InChI is InChI=1S/C13H17FN4/c1-9(7-11-3-5-12(14)6-4-11)17-10(2)13-15-8-16-18-13/h3-6,8-10,17H,7H2,1-2H3,(H,15,16,18). The third-order valence-electron chi connectivity index (χ3n) is 2.83. The molecule has 96 valence electrons. The Morgan fingerprint density at radius 3 is 2.61 bits per heavy atom. The van der Waals surface area contributed by atoms with Crippen molar-refractivity contribution in [3.8, 4) is 0 Å². The highest BCUT2D eigenvalue weighted by Crippen LogP contribution is 2.10. The van der Waals surface area contributed by atoms with Crippen molar-refractivity contribution in [1.29, 1.82) is 0 Å². The smallest absolute Gasteiger partial charge is 0.141 e. The number of nitrogens with one attached hydrogen (secondary N) is 2. The van der Waals surface area contributed by atoms with Gasteiger partial charge in [-0.25, -0.2) is 9.37 Å². The Hall–Kier alpha value is -1.75. The fourth-order valence-electron chi connectivity index (χ4n) is 1.96. The third-order valence-corrected chi connectivity index (χ3v) is 2.83. The Bertz CT molecular complexity index is 466. The summed E-state index contributed by atoms with van der Waals surface area (Å²) in [6.07, 6.45) is 2.34. The first-order chi connectivity index (χ1) is 8.65. The van der Waals surface area contributed by atoms with E-state index in [9.17, 15) is 4.39 Å². The number of halogens is 1. The number of aromatic nitrogens is 3. The van der Waals surface area contributed by atoms with Crippen LogP contribution in [0.2, 0.25) is 0 Å². The Labute approximate surface area is 106 Å². The number of hydrogen-bond acceptors (Lipinski definition) is 3. The molecule has 0 saturated heterocycles. The lowest BCUT2D eigenvalue weighted by Gasteiger charge is -2.18. The molecule has 18 heavy (non-hydrogen) atoms. The molecule has 4 nitrogen and oxygen atoms in total. The summed E-state index contributed by atoms with van der Waals surface area (Å²) >= 11 is 0. The zero-order chi connectivity index (χ0) is 13.0. The quantitative estimate of drug-likeness (QED) is 0.853. The van der Waals surface area contributed by atoms with E-state index in [-0.39, 0.29) is 17.9 Å². The van der Waals surface area contributed by atoms with E-state index in [1.807, 2.05) is 19.1 Å². The summed E-state index contributed by atoms with van der Waals surface area (Å²) in [7, 11) is 0. The molecule has 2 N–H and O–H groups in total. The van der Waals surface area contributed by atoms with Crippen LogP contribution in [0.15, 0.2) is 30.6 Å². The molecule has 1 heterocycles. The number of H-pyrrole nitrogens is 1. The summed E-state index contributed by atoms with van der Waals surface area (Å²) in [6, 6.07) is 6.99. The monoisotopic (exact) mass is 248 g/mol. The van der Waals surface area contributed by atoms with Crippen LogP contribution in [0.25, 0.3) is 0 Å². The predicted octanol–water partition coefficient (Wildman–Crippen LogP) is 2.23. The zero-order valence-corrected chi connectivity index (χ0v) is 10.5. The van der Waals surface area contributed by atoms with Gasteiger partial charge in [-0.3, -0.25) is 5.10 Å². The Morgan fingerprint density at radius 1 is 1.28 bits per heavy atom. The molecule has 0 bridgehead atoms. The fourth-order valence-corrected chi connectivity index (χ4v) is 1.96. The second-order valence-corrected chi connectivity index (χ2v) is 4.49. The zero-order valence-electron chi connectivity index (χ0n) is 10.5. The van der Waals surface area contributed by atoms with Crippen molar-refractivity contribution in [3.05, 3.63) is 47.8 Å². The van der Waals surface area contributed by atoms with Crippen molar-refractivity contribution in [2.24, 2.45) is 0 Å². The minimum atomic E-state index is -0.200. The first kappa shape index (κ1) is 12.7. The second-order valence-electron chi connectivity index (χ2n) is 4.49. The number of rotatable bonds is 5. The van der Waals surface area contributed by atoms with Crippen LogP contribution in [0.4, 0.5) is 4.39 Å². The number of nitrogens with zero attached hydrogens (tertiary/aromatic N) is 2. The molecule has 0 aliphatic carbocycles. The van der Waals surface area contributed by atoms with Crippen molar-refractivity contribution < 1.29 is 4.39 Å². The lowest BCUT2D eigenvalue weighted by molar-refractivity contribution is 0.462. The summed E-state index contributed by atoms with van der Waals surface area (Å²) in [5, 5.41) is 10.1. The van der Waals surface area contributed by atoms with E-state index in [1.165, 1.54) is 18.5 Å². The van der Waals surface area contributed by atoms with Crippen molar-refractivity contribution in [2.75, 3.05) is 0 Å². The van der Waals surface area contributed by atoms with Gasteiger partial charge in [0.25, 0.3) is 0 Å². The van der Waals surface area contributed by atoms with Crippen LogP contribution >= 0.6 is 0 Å². The summed E-state index contributed by atoms with van der Waals surface area (Å²) in [4.78, 5) is 4.11. The van der Waals surface area contributed by atoms with Gasteiger partial charge < -0.3 is 5.32 Å². The summed E-state index contributed by atoms with van der Waals surface area (Å²) in [6.45, 7) is 4.12. The van der Waals surface area contributed by atoms with Crippen LogP contribution in [0.1, 0.15) is 31.3 Å². The molecule has 5 heteroatoms. The molecule has 0 aliphatic heterocycles. The summed E-state index contributed by atoms with van der Waals surface area (Å²) in [5.41, 5.74) is 1.11. The first-order valence-electron chi connectivity index (χ1n) is 6.01. The highest BCUT2D eigenvalue weighted by atomic mass is 19.1. The minimum absolute atomic E-state index is 0.114. The molecule has 2 aromatic rings. The van der Waals surface area contributed by atoms with E-state index in [1.54, 1.807) is 0 Å². The van der Waals surface area contributed by atoms with Gasteiger partial charge in [-0.05, 0) is 38.0 Å². The Kier molecular flexibility index (Phi) is 4.04. The maximum Gasteiger partial charge on any atom is 0.141 e. The molecule has 2 unspecified atom stereocenters. The number of aromatic amines is 1. The van der Waals surface area contributed by atoms with Gasteiger partial charge in [0, 0.05) is 6.04 Å². The van der Waals surface area contributed by atoms with Crippen LogP contribution in [0, 0.1) is 5.82 Å². The molecule has 1 aromatic heterocycles. The van der Waals surface area contributed by atoms with Crippen molar-refractivity contribution in [1.82, 2.24) is 20.5 Å². The molecule has 2 rings (SSSR count). The van der Waals surface area contributed by atoms with Gasteiger partial charge in [0.05, 0.1) is 6.04 Å². The second kappa shape index (κ2) is 5.73. The van der Waals surface area contributed by atoms with Crippen molar-refractivity contribution in [3.63, 3.8) is 0 Å². The van der Waals surface area contributed by atoms with Gasteiger partial charge in [-0.1, -0.05) is 12.1 Å². The van der Waals surface area contributed by atoms with Crippen LogP contribution in [-0.4, -0.2) is 21.2 Å². The fraction of sp³-hybridized carbons (Fsp3) is 0.385. The molecule has 0 fully saturated rings. The van der Waals surface area contributed by atoms with E-state index in [0.717, 1.165) is 17.8 Å². The normalized spacial score (nSPS) is 14.4. The van der Waals surface area contributed by atoms with Crippen LogP contribution in [-0.2, 0) is 6.42 Å². The van der Waals surface area contributed by atoms with Crippen molar-refractivity contribution in [2.45, 2.75) is 32.4 Å². The van der Waals surface area contributed by atoms with Gasteiger partial charge in [0.2, 0.25) is 0 Å². The minimum Gasteiger partial charge on any atom is -0.305 e. The highest BCUT2D eigenvalue weighted by molar-refractivity contribution is 5.17. The van der Waals surface area contributed by atoms with Crippen molar-refractivity contribution >= 4 is 0 Å². The molecular formula is C13H17FN4. The van der Waals surface area contributed by atoms with Gasteiger partial charge in [-0.2, -0.15) is 5.10 Å². The molecule has 0 spiro atoms. The summed E-state index contributed by atoms with van der Waals surface area (Å²) < 4.78 is 12.8. The van der Waals surface area contributed by atoms with E-state index < -0.39 is 0 Å². The number of hydrogen-bond donors (Lipinski definition) is 2. The highest BCUT2D eigenvalue weighted by Gasteiger charge is 2.12. The summed E-state index contributed by atoms with van der Waals surface area (Å²) in [5.74, 6) is 0.621. The number of benzene rings is 1. The molecule has 0 amide bonds. The van der Waals surface area contributed by atoms with Crippen LogP contribution in [0.3, 0.4) is 0 Å².